The predicted octanol–water partition coefficient (Wildman–Crippen LogP) is 3.27. The summed E-state index contributed by atoms with van der Waals surface area (Å²) in [4.78, 5) is 56.9. The summed E-state index contributed by atoms with van der Waals surface area (Å²) >= 11 is 0. The van der Waals surface area contributed by atoms with Crippen LogP contribution in [0.3, 0.4) is 0 Å². The van der Waals surface area contributed by atoms with Crippen LogP contribution in [0.4, 0.5) is 4.79 Å². The van der Waals surface area contributed by atoms with Crippen molar-refractivity contribution < 1.29 is 33.4 Å². The van der Waals surface area contributed by atoms with Gasteiger partial charge in [0.15, 0.2) is 0 Å². The van der Waals surface area contributed by atoms with E-state index in [0.717, 1.165) is 37.0 Å². The Morgan fingerprint density at radius 2 is 1.76 bits per heavy atom. The molecule has 1 aromatic carbocycles. The van der Waals surface area contributed by atoms with E-state index < -0.39 is 42.0 Å². The van der Waals surface area contributed by atoms with Crippen LogP contribution in [-0.2, 0) is 23.9 Å². The molecule has 11 heteroatoms. The van der Waals surface area contributed by atoms with Gasteiger partial charge < -0.3 is 29.7 Å². The fourth-order valence-electron chi connectivity index (χ4n) is 6.85. The number of carbonyl (C=O) groups is 4. The number of fused-ring (bicyclic) bond motifs is 2. The lowest BCUT2D eigenvalue weighted by Crippen LogP contribution is -2.59. The maximum atomic E-state index is 14.2. The number of nitrogens with one attached hydrogen (secondary N) is 2. The standard InChI is InChI=1S/C31H44N4O7/c1-19(34(5)29(39)42-30(2,3)4)26(36)33-22-13-17-41-24-18-31(14-8-9-15-31)25(35(24)28(22)38)27(37)32-21-12-16-40-23-11-7-6-10-20(21)23/h6-7,10-11,19,21-22,24-25H,8-9,12-18H2,1-5H3,(H,32,37)(H,33,36)/t19-,21?,22-,24-,25+/m0/s1. The van der Waals surface area contributed by atoms with Gasteiger partial charge in [-0.1, -0.05) is 31.0 Å². The van der Waals surface area contributed by atoms with Crippen LogP contribution in [0.15, 0.2) is 24.3 Å². The Bertz CT molecular complexity index is 1210. The Labute approximate surface area is 247 Å². The number of hydrogen-bond acceptors (Lipinski definition) is 7. The van der Waals surface area contributed by atoms with E-state index in [4.69, 9.17) is 14.2 Å². The number of carbonyl (C=O) groups excluding carboxylic acids is 4. The highest BCUT2D eigenvalue weighted by atomic mass is 16.6. The zero-order valence-electron chi connectivity index (χ0n) is 25.3. The monoisotopic (exact) mass is 584 g/mol. The smallest absolute Gasteiger partial charge is 0.410 e. The highest BCUT2D eigenvalue weighted by molar-refractivity contribution is 5.95. The van der Waals surface area contributed by atoms with Crippen LogP contribution in [0.1, 0.15) is 84.2 Å². The number of rotatable bonds is 5. The van der Waals surface area contributed by atoms with E-state index in [9.17, 15) is 19.2 Å². The lowest BCUT2D eigenvalue weighted by atomic mass is 9.77. The molecule has 5 rings (SSSR count). The van der Waals surface area contributed by atoms with Gasteiger partial charge in [-0.05, 0) is 46.6 Å². The van der Waals surface area contributed by atoms with Gasteiger partial charge in [0, 0.05) is 37.3 Å². The molecule has 1 unspecified atom stereocenters. The molecule has 0 bridgehead atoms. The van der Waals surface area contributed by atoms with Crippen molar-refractivity contribution in [3.63, 3.8) is 0 Å². The van der Waals surface area contributed by atoms with Crippen molar-refractivity contribution in [2.75, 3.05) is 20.3 Å². The van der Waals surface area contributed by atoms with E-state index in [2.05, 4.69) is 10.6 Å². The zero-order valence-corrected chi connectivity index (χ0v) is 25.3. The second-order valence-corrected chi connectivity index (χ2v) is 13.1. The third-order valence-corrected chi connectivity index (χ3v) is 9.10. The second kappa shape index (κ2) is 11.7. The molecule has 2 N–H and O–H groups in total. The van der Waals surface area contributed by atoms with Crippen LogP contribution in [0.5, 0.6) is 5.75 Å². The molecular weight excluding hydrogens is 540 g/mol. The lowest BCUT2D eigenvalue weighted by Gasteiger charge is -2.37. The number of benzene rings is 1. The molecule has 4 amide bonds. The summed E-state index contributed by atoms with van der Waals surface area (Å²) < 4.78 is 17.4. The number of amides is 4. The molecule has 3 aliphatic heterocycles. The third-order valence-electron chi connectivity index (χ3n) is 9.10. The molecular formula is C31H44N4O7. The van der Waals surface area contributed by atoms with Crippen molar-refractivity contribution >= 4 is 23.8 Å². The Balaban J connectivity index is 1.34. The van der Waals surface area contributed by atoms with Crippen LogP contribution in [0.25, 0.3) is 0 Å². The lowest BCUT2D eigenvalue weighted by molar-refractivity contribution is -0.150. The molecule has 230 valence electrons. The Hall–Kier alpha value is -3.34. The van der Waals surface area contributed by atoms with Crippen LogP contribution < -0.4 is 15.4 Å². The average Bonchev–Trinajstić information content (AvgIpc) is 3.50. The predicted molar refractivity (Wildman–Crippen MR) is 153 cm³/mol. The van der Waals surface area contributed by atoms with Gasteiger partial charge in [-0.3, -0.25) is 19.3 Å². The van der Waals surface area contributed by atoms with Crippen molar-refractivity contribution in [1.29, 1.82) is 0 Å². The largest absolute Gasteiger partial charge is 0.493 e. The summed E-state index contributed by atoms with van der Waals surface area (Å²) in [6, 6.07) is 5.02. The summed E-state index contributed by atoms with van der Waals surface area (Å²) in [6.45, 7) is 7.62. The van der Waals surface area contributed by atoms with Gasteiger partial charge in [0.05, 0.1) is 19.3 Å². The first-order chi connectivity index (χ1) is 19.9. The molecule has 1 aliphatic carbocycles. The number of ether oxygens (including phenoxy) is 3. The van der Waals surface area contributed by atoms with Gasteiger partial charge in [0.1, 0.15) is 35.7 Å². The van der Waals surface area contributed by atoms with E-state index in [-0.39, 0.29) is 36.3 Å². The zero-order chi connectivity index (χ0) is 30.2. The molecule has 0 aromatic heterocycles. The molecule has 42 heavy (non-hydrogen) atoms. The Morgan fingerprint density at radius 1 is 1.07 bits per heavy atom. The first-order valence-corrected chi connectivity index (χ1v) is 15.1. The van der Waals surface area contributed by atoms with E-state index in [1.807, 2.05) is 24.3 Å². The summed E-state index contributed by atoms with van der Waals surface area (Å²) in [6.07, 6.45) is 4.02. The van der Waals surface area contributed by atoms with Crippen molar-refractivity contribution in [3.05, 3.63) is 29.8 Å². The summed E-state index contributed by atoms with van der Waals surface area (Å²) in [5.41, 5.74) is -0.149. The molecule has 1 spiro atoms. The molecule has 4 aliphatic rings. The maximum absolute atomic E-state index is 14.2. The quantitative estimate of drug-likeness (QED) is 0.544. The van der Waals surface area contributed by atoms with Crippen LogP contribution >= 0.6 is 0 Å². The number of para-hydroxylation sites is 1. The first-order valence-electron chi connectivity index (χ1n) is 15.1. The van der Waals surface area contributed by atoms with Crippen molar-refractivity contribution in [3.8, 4) is 5.75 Å². The number of hydrogen-bond donors (Lipinski definition) is 2. The first kappa shape index (κ1) is 30.1. The van der Waals surface area contributed by atoms with E-state index in [0.29, 0.717) is 19.4 Å². The maximum Gasteiger partial charge on any atom is 0.410 e. The molecule has 5 atom stereocenters. The highest BCUT2D eigenvalue weighted by Gasteiger charge is 2.60. The molecule has 2 saturated heterocycles. The van der Waals surface area contributed by atoms with Gasteiger partial charge in [-0.15, -0.1) is 0 Å². The third kappa shape index (κ3) is 5.93. The van der Waals surface area contributed by atoms with Gasteiger partial charge in [-0.25, -0.2) is 4.79 Å². The molecule has 1 saturated carbocycles. The number of nitrogens with zero attached hydrogens (tertiary/aromatic N) is 2. The summed E-state index contributed by atoms with van der Waals surface area (Å²) in [5, 5.41) is 6.09. The molecule has 3 heterocycles. The SMILES string of the molecule is C[C@@H](C(=O)N[C@H]1CCO[C@H]2CC3(CCCC3)[C@@H](C(=O)NC3CCOc4ccccc43)N2C1=O)N(C)C(=O)OC(C)(C)C. The Morgan fingerprint density at radius 3 is 2.48 bits per heavy atom. The summed E-state index contributed by atoms with van der Waals surface area (Å²) in [7, 11) is 1.49. The molecule has 0 radical (unpaired) electrons. The van der Waals surface area contributed by atoms with Gasteiger partial charge in [0.25, 0.3) is 0 Å². The molecule has 3 fully saturated rings. The minimum atomic E-state index is -0.882. The topological polar surface area (TPSA) is 127 Å². The van der Waals surface area contributed by atoms with Crippen LogP contribution in [0.2, 0.25) is 0 Å². The normalized spacial score (nSPS) is 27.3. The van der Waals surface area contributed by atoms with Gasteiger partial charge in [0.2, 0.25) is 17.7 Å². The molecule has 11 nitrogen and oxygen atoms in total. The van der Waals surface area contributed by atoms with E-state index >= 15 is 0 Å². The van der Waals surface area contributed by atoms with Crippen molar-refractivity contribution in [2.24, 2.45) is 5.41 Å². The minimum absolute atomic E-state index is 0.192. The van der Waals surface area contributed by atoms with Crippen LogP contribution in [0, 0.1) is 5.41 Å². The Kier molecular flexibility index (Phi) is 8.42. The van der Waals surface area contributed by atoms with Crippen molar-refractivity contribution in [2.45, 2.75) is 109 Å². The van der Waals surface area contributed by atoms with E-state index in [1.54, 1.807) is 32.6 Å². The minimum Gasteiger partial charge on any atom is -0.493 e. The molecule has 1 aromatic rings. The number of likely N-dealkylation sites (N-methyl/N-ethyl adjacent to an activating group) is 1. The van der Waals surface area contributed by atoms with Crippen LogP contribution in [-0.4, -0.2) is 83.8 Å². The second-order valence-electron chi connectivity index (χ2n) is 13.1. The van der Waals surface area contributed by atoms with Crippen molar-refractivity contribution in [1.82, 2.24) is 20.4 Å². The average molecular weight is 585 g/mol. The fraction of sp³-hybridized carbons (Fsp3) is 0.677. The fourth-order valence-corrected chi connectivity index (χ4v) is 6.85. The van der Waals surface area contributed by atoms with E-state index in [1.165, 1.54) is 11.9 Å². The van der Waals surface area contributed by atoms with Gasteiger partial charge >= 0.3 is 6.09 Å². The summed E-state index contributed by atoms with van der Waals surface area (Å²) in [5.74, 6) is -0.233. The van der Waals surface area contributed by atoms with Gasteiger partial charge in [-0.2, -0.15) is 0 Å². The highest BCUT2D eigenvalue weighted by Crippen LogP contribution is 2.53.